The van der Waals surface area contributed by atoms with Gasteiger partial charge in [-0.2, -0.15) is 0 Å². The van der Waals surface area contributed by atoms with E-state index in [2.05, 4.69) is 9.97 Å². The Morgan fingerprint density at radius 3 is 1.32 bits per heavy atom. The van der Waals surface area contributed by atoms with Gasteiger partial charge in [0.1, 0.15) is 0 Å². The molecule has 0 fully saturated rings. The number of carbonyl (C=O) groups is 4. The molecule has 0 saturated heterocycles. The van der Waals surface area contributed by atoms with Gasteiger partial charge in [-0.25, -0.2) is 18.2 Å². The second-order valence-electron chi connectivity index (χ2n) is 8.23. The second-order valence-corrected chi connectivity index (χ2v) is 10.2. The molecule has 0 aliphatic carbocycles. The molecule has 0 bridgehead atoms. The number of fused-ring (bicyclic) bond motifs is 2. The lowest BCUT2D eigenvalue weighted by molar-refractivity contribution is 0.0910. The van der Waals surface area contributed by atoms with E-state index in [9.17, 15) is 27.6 Å². The number of aromatic nitrogens is 2. The van der Waals surface area contributed by atoms with E-state index in [4.69, 9.17) is 0 Å². The van der Waals surface area contributed by atoms with E-state index in [0.717, 1.165) is 21.9 Å². The van der Waals surface area contributed by atoms with Crippen LogP contribution in [-0.4, -0.2) is 42.0 Å². The Bertz CT molecular complexity index is 1650. The number of benzene rings is 2. The molecule has 4 heterocycles. The molecule has 0 atom stereocenters. The SMILES string of the molecule is O=C1c2ccc(S(=O)(=O)c3ccc4c(c3)C(=O)N(c3cccnc3)C4=O)cc2C(=O)N1c1cccnc1. The van der Waals surface area contributed by atoms with Crippen molar-refractivity contribution in [3.8, 4) is 0 Å². The highest BCUT2D eigenvalue weighted by Crippen LogP contribution is 2.34. The standard InChI is InChI=1S/C26H14N4O6S/c31-23-19-7-5-17(11-21(19)25(33)29(23)15-3-1-9-27-13-15)37(35,36)18-6-8-20-22(12-18)26(34)30(24(20)32)16-4-2-10-28-14-16/h1-14H. The molecule has 2 aromatic heterocycles. The Labute approximate surface area is 209 Å². The van der Waals surface area contributed by atoms with Gasteiger partial charge in [-0.05, 0) is 60.7 Å². The van der Waals surface area contributed by atoms with Gasteiger partial charge in [0.2, 0.25) is 9.84 Å². The fraction of sp³-hybridized carbons (Fsp3) is 0. The second kappa shape index (κ2) is 8.00. The molecule has 2 aromatic carbocycles. The first-order valence-corrected chi connectivity index (χ1v) is 12.4. The Morgan fingerprint density at radius 2 is 0.946 bits per heavy atom. The highest BCUT2D eigenvalue weighted by molar-refractivity contribution is 7.91. The number of hydrogen-bond donors (Lipinski definition) is 0. The van der Waals surface area contributed by atoms with Crippen LogP contribution >= 0.6 is 0 Å². The van der Waals surface area contributed by atoms with E-state index < -0.39 is 33.5 Å². The van der Waals surface area contributed by atoms with Crippen molar-refractivity contribution in [3.05, 3.63) is 108 Å². The van der Waals surface area contributed by atoms with Crippen LogP contribution in [0.1, 0.15) is 41.4 Å². The van der Waals surface area contributed by atoms with Crippen LogP contribution in [-0.2, 0) is 9.84 Å². The van der Waals surface area contributed by atoms with Crippen molar-refractivity contribution in [1.29, 1.82) is 0 Å². The van der Waals surface area contributed by atoms with Crippen molar-refractivity contribution in [1.82, 2.24) is 9.97 Å². The summed E-state index contributed by atoms with van der Waals surface area (Å²) in [7, 11) is -4.22. The molecule has 11 heteroatoms. The zero-order valence-electron chi connectivity index (χ0n) is 18.7. The predicted octanol–water partition coefficient (Wildman–Crippen LogP) is 2.91. The van der Waals surface area contributed by atoms with Crippen molar-refractivity contribution in [2.24, 2.45) is 0 Å². The van der Waals surface area contributed by atoms with Gasteiger partial charge in [-0.15, -0.1) is 0 Å². The van der Waals surface area contributed by atoms with Crippen molar-refractivity contribution >= 4 is 44.8 Å². The summed E-state index contributed by atoms with van der Waals surface area (Å²) in [5.41, 5.74) is 0.524. The van der Waals surface area contributed by atoms with Gasteiger partial charge in [-0.1, -0.05) is 0 Å². The first-order chi connectivity index (χ1) is 17.8. The van der Waals surface area contributed by atoms with Crippen molar-refractivity contribution in [2.75, 3.05) is 9.80 Å². The molecular weight excluding hydrogens is 496 g/mol. The van der Waals surface area contributed by atoms with Crippen molar-refractivity contribution in [2.45, 2.75) is 9.79 Å². The lowest BCUT2D eigenvalue weighted by atomic mass is 10.1. The molecule has 0 unspecified atom stereocenters. The summed E-state index contributed by atoms with van der Waals surface area (Å²) in [6, 6.07) is 13.5. The average molecular weight is 510 g/mol. The largest absolute Gasteiger partial charge is 0.268 e. The number of anilines is 2. The quantitative estimate of drug-likeness (QED) is 0.383. The Balaban J connectivity index is 1.37. The summed E-state index contributed by atoms with van der Waals surface area (Å²) in [5.74, 6) is -2.53. The molecule has 6 rings (SSSR count). The third kappa shape index (κ3) is 3.28. The minimum atomic E-state index is -4.22. The molecule has 180 valence electrons. The molecule has 4 amide bonds. The summed E-state index contributed by atoms with van der Waals surface area (Å²) in [6.07, 6.45) is 5.71. The van der Waals surface area contributed by atoms with Gasteiger partial charge in [0, 0.05) is 12.4 Å². The summed E-state index contributed by atoms with van der Waals surface area (Å²) in [4.78, 5) is 60.9. The number of sulfone groups is 1. The number of pyridine rings is 2. The predicted molar refractivity (Wildman–Crippen MR) is 129 cm³/mol. The molecule has 10 nitrogen and oxygen atoms in total. The molecule has 2 aliphatic rings. The number of rotatable bonds is 4. The van der Waals surface area contributed by atoms with E-state index in [1.165, 1.54) is 49.1 Å². The number of amides is 4. The summed E-state index contributed by atoms with van der Waals surface area (Å²) < 4.78 is 26.9. The Morgan fingerprint density at radius 1 is 0.541 bits per heavy atom. The van der Waals surface area contributed by atoms with Crippen LogP contribution in [0.5, 0.6) is 0 Å². The third-order valence-electron chi connectivity index (χ3n) is 6.14. The summed E-state index contributed by atoms with van der Waals surface area (Å²) in [6.45, 7) is 0. The topological polar surface area (TPSA) is 135 Å². The molecule has 4 aromatic rings. The third-order valence-corrected chi connectivity index (χ3v) is 7.89. The maximum atomic E-state index is 13.5. The van der Waals surface area contributed by atoms with Crippen LogP contribution in [0.25, 0.3) is 0 Å². The normalized spacial score (nSPS) is 14.8. The van der Waals surface area contributed by atoms with Crippen LogP contribution in [0.2, 0.25) is 0 Å². The fourth-order valence-electron chi connectivity index (χ4n) is 4.35. The van der Waals surface area contributed by atoms with Crippen LogP contribution in [0.4, 0.5) is 11.4 Å². The van der Waals surface area contributed by atoms with Gasteiger partial charge in [0.15, 0.2) is 0 Å². The van der Waals surface area contributed by atoms with Gasteiger partial charge in [0.25, 0.3) is 23.6 Å². The Hall–Kier alpha value is -5.03. The van der Waals surface area contributed by atoms with E-state index in [1.54, 1.807) is 24.3 Å². The maximum Gasteiger partial charge on any atom is 0.266 e. The van der Waals surface area contributed by atoms with E-state index >= 15 is 0 Å². The number of hydrogen-bond acceptors (Lipinski definition) is 8. The average Bonchev–Trinajstić information content (AvgIpc) is 3.33. The van der Waals surface area contributed by atoms with Crippen LogP contribution in [0, 0.1) is 0 Å². The molecular formula is C26H14N4O6S. The van der Waals surface area contributed by atoms with Crippen LogP contribution < -0.4 is 9.80 Å². The molecule has 0 radical (unpaired) electrons. The first-order valence-electron chi connectivity index (χ1n) is 10.9. The lowest BCUT2D eigenvalue weighted by Crippen LogP contribution is -2.29. The van der Waals surface area contributed by atoms with Crippen molar-refractivity contribution < 1.29 is 27.6 Å². The van der Waals surface area contributed by atoms with Gasteiger partial charge in [0.05, 0.1) is 55.8 Å². The smallest absolute Gasteiger partial charge is 0.266 e. The fourth-order valence-corrected chi connectivity index (χ4v) is 5.66. The van der Waals surface area contributed by atoms with E-state index in [0.29, 0.717) is 0 Å². The van der Waals surface area contributed by atoms with E-state index in [1.807, 2.05) is 0 Å². The summed E-state index contributed by atoms with van der Waals surface area (Å²) >= 11 is 0. The molecule has 0 spiro atoms. The minimum Gasteiger partial charge on any atom is -0.268 e. The zero-order valence-corrected chi connectivity index (χ0v) is 19.5. The number of imide groups is 2. The van der Waals surface area contributed by atoms with Gasteiger partial charge in [-0.3, -0.25) is 29.1 Å². The summed E-state index contributed by atoms with van der Waals surface area (Å²) in [5, 5.41) is 0. The number of nitrogens with zero attached hydrogens (tertiary/aromatic N) is 4. The van der Waals surface area contributed by atoms with Crippen molar-refractivity contribution in [3.63, 3.8) is 0 Å². The highest BCUT2D eigenvalue weighted by atomic mass is 32.2. The maximum absolute atomic E-state index is 13.5. The van der Waals surface area contributed by atoms with Crippen LogP contribution in [0.3, 0.4) is 0 Å². The minimum absolute atomic E-state index is 0.0645. The zero-order chi connectivity index (χ0) is 25.9. The lowest BCUT2D eigenvalue weighted by Gasteiger charge is -2.12. The molecule has 2 aliphatic heterocycles. The van der Waals surface area contributed by atoms with Crippen LogP contribution in [0.15, 0.2) is 95.2 Å². The molecule has 0 N–H and O–H groups in total. The van der Waals surface area contributed by atoms with E-state index in [-0.39, 0.29) is 43.4 Å². The first kappa shape index (κ1) is 22.4. The molecule has 37 heavy (non-hydrogen) atoms. The Kier molecular flexibility index (Phi) is 4.85. The molecule has 0 saturated carbocycles. The monoisotopic (exact) mass is 510 g/mol. The number of carbonyl (C=O) groups excluding carboxylic acids is 4. The highest BCUT2D eigenvalue weighted by Gasteiger charge is 2.40. The van der Waals surface area contributed by atoms with Gasteiger partial charge >= 0.3 is 0 Å². The van der Waals surface area contributed by atoms with Gasteiger partial charge < -0.3 is 0 Å².